The Labute approximate surface area is 117 Å². The molecule has 0 aliphatic carbocycles. The molecule has 1 aromatic carbocycles. The van der Waals surface area contributed by atoms with Crippen molar-refractivity contribution in [3.63, 3.8) is 0 Å². The van der Waals surface area contributed by atoms with Gasteiger partial charge in [-0.05, 0) is 56.6 Å². The molecule has 4 heteroatoms. The normalized spacial score (nSPS) is 23.6. The zero-order valence-electron chi connectivity index (χ0n) is 11.9. The Morgan fingerprint density at radius 3 is 2.84 bits per heavy atom. The smallest absolute Gasteiger partial charge is 0.123 e. The first kappa shape index (κ1) is 14.7. The topological polar surface area (TPSA) is 20.3 Å². The fraction of sp³-hybridized carbons (Fsp3) is 0.600. The molecule has 0 radical (unpaired) electrons. The van der Waals surface area contributed by atoms with Gasteiger partial charge in [0.25, 0.3) is 0 Å². The summed E-state index contributed by atoms with van der Waals surface area (Å²) in [5.41, 5.74) is 0.960. The molecule has 0 aromatic heterocycles. The molecule has 3 atom stereocenters. The van der Waals surface area contributed by atoms with E-state index in [1.165, 1.54) is 6.07 Å². The van der Waals surface area contributed by atoms with Gasteiger partial charge in [-0.25, -0.2) is 4.39 Å². The molecule has 106 valence electrons. The number of hydrogen-bond acceptors (Lipinski definition) is 2. The average Bonchev–Trinajstić information content (AvgIpc) is 2.65. The minimum absolute atomic E-state index is 0.223. The van der Waals surface area contributed by atoms with Crippen molar-refractivity contribution in [2.45, 2.75) is 43.0 Å². The maximum Gasteiger partial charge on any atom is 0.123 e. The summed E-state index contributed by atoms with van der Waals surface area (Å²) in [5.74, 6) is 0.650. The standard InChI is InChI=1S/C15H22FNOS/c1-4-5-13(17(2)3)8-11-10-19(18)15-7-6-12(16)9-14(11)15/h6-7,9,11,13H,4-5,8,10H2,1-3H3/t11?,13-,19?/m1/s1. The zero-order valence-corrected chi connectivity index (χ0v) is 12.7. The van der Waals surface area contributed by atoms with Crippen molar-refractivity contribution in [3.05, 3.63) is 29.6 Å². The SMILES string of the molecule is CCC[C@H](CC1CS(=O)c2ccc(F)cc21)N(C)C. The number of hydrogen-bond donors (Lipinski definition) is 0. The van der Waals surface area contributed by atoms with Crippen molar-refractivity contribution >= 4 is 10.8 Å². The van der Waals surface area contributed by atoms with Gasteiger partial charge in [-0.2, -0.15) is 0 Å². The fourth-order valence-electron chi connectivity index (χ4n) is 2.85. The Hall–Kier alpha value is -0.740. The van der Waals surface area contributed by atoms with Crippen molar-refractivity contribution < 1.29 is 8.60 Å². The van der Waals surface area contributed by atoms with E-state index in [0.717, 1.165) is 29.7 Å². The van der Waals surface area contributed by atoms with Crippen LogP contribution in [-0.4, -0.2) is 35.0 Å². The molecule has 0 spiro atoms. The molecule has 2 rings (SSSR count). The lowest BCUT2D eigenvalue weighted by molar-refractivity contribution is 0.252. The summed E-state index contributed by atoms with van der Waals surface area (Å²) in [6.07, 6.45) is 3.22. The van der Waals surface area contributed by atoms with Gasteiger partial charge in [-0.3, -0.25) is 4.21 Å². The number of nitrogens with zero attached hydrogens (tertiary/aromatic N) is 1. The molecule has 0 N–H and O–H groups in total. The molecule has 0 amide bonds. The predicted molar refractivity (Wildman–Crippen MR) is 77.4 cm³/mol. The third kappa shape index (κ3) is 3.23. The van der Waals surface area contributed by atoms with Gasteiger partial charge in [0.2, 0.25) is 0 Å². The number of rotatable bonds is 5. The molecule has 2 unspecified atom stereocenters. The van der Waals surface area contributed by atoms with Crippen LogP contribution in [-0.2, 0) is 10.8 Å². The Kier molecular flexibility index (Phi) is 4.74. The first-order chi connectivity index (χ1) is 9.02. The molecule has 1 heterocycles. The van der Waals surface area contributed by atoms with Crippen molar-refractivity contribution in [2.75, 3.05) is 19.8 Å². The van der Waals surface area contributed by atoms with Gasteiger partial charge >= 0.3 is 0 Å². The van der Waals surface area contributed by atoms with Crippen LogP contribution in [0.2, 0.25) is 0 Å². The first-order valence-corrected chi connectivity index (χ1v) is 8.19. The highest BCUT2D eigenvalue weighted by atomic mass is 32.2. The van der Waals surface area contributed by atoms with Gasteiger partial charge in [-0.1, -0.05) is 13.3 Å². The lowest BCUT2D eigenvalue weighted by atomic mass is 9.91. The van der Waals surface area contributed by atoms with Crippen molar-refractivity contribution in [1.29, 1.82) is 0 Å². The van der Waals surface area contributed by atoms with Crippen LogP contribution < -0.4 is 0 Å². The highest BCUT2D eigenvalue weighted by Crippen LogP contribution is 2.36. The summed E-state index contributed by atoms with van der Waals surface area (Å²) in [5, 5.41) is 0. The Morgan fingerprint density at radius 2 is 2.21 bits per heavy atom. The summed E-state index contributed by atoms with van der Waals surface area (Å²) < 4.78 is 25.5. The summed E-state index contributed by atoms with van der Waals surface area (Å²) in [6.45, 7) is 2.18. The third-order valence-corrected chi connectivity index (χ3v) is 5.49. The maximum absolute atomic E-state index is 13.4. The third-order valence-electron chi connectivity index (χ3n) is 3.92. The van der Waals surface area contributed by atoms with Crippen LogP contribution in [0, 0.1) is 5.82 Å². The molecular formula is C15H22FNOS. The summed E-state index contributed by atoms with van der Waals surface area (Å²) in [7, 11) is 3.21. The highest BCUT2D eigenvalue weighted by Gasteiger charge is 2.31. The van der Waals surface area contributed by atoms with Crippen LogP contribution in [0.4, 0.5) is 4.39 Å². The highest BCUT2D eigenvalue weighted by molar-refractivity contribution is 7.85. The van der Waals surface area contributed by atoms with Crippen LogP contribution >= 0.6 is 0 Å². The largest absolute Gasteiger partial charge is 0.306 e. The zero-order chi connectivity index (χ0) is 14.0. The number of halogens is 1. The fourth-order valence-corrected chi connectivity index (χ4v) is 4.42. The van der Waals surface area contributed by atoms with Crippen LogP contribution in [0.5, 0.6) is 0 Å². The number of fused-ring (bicyclic) bond motifs is 1. The second-order valence-corrected chi connectivity index (χ2v) is 7.00. The van der Waals surface area contributed by atoms with E-state index in [9.17, 15) is 8.60 Å². The summed E-state index contributed by atoms with van der Waals surface area (Å²) >= 11 is 0. The van der Waals surface area contributed by atoms with Gasteiger partial charge < -0.3 is 4.90 Å². The van der Waals surface area contributed by atoms with E-state index in [1.807, 2.05) is 0 Å². The minimum atomic E-state index is -0.955. The van der Waals surface area contributed by atoms with Crippen molar-refractivity contribution in [1.82, 2.24) is 4.90 Å². The molecule has 1 aliphatic rings. The molecule has 19 heavy (non-hydrogen) atoms. The molecule has 0 saturated heterocycles. The Morgan fingerprint density at radius 1 is 1.47 bits per heavy atom. The van der Waals surface area contributed by atoms with Gasteiger partial charge in [0.1, 0.15) is 5.82 Å². The minimum Gasteiger partial charge on any atom is -0.306 e. The average molecular weight is 283 g/mol. The van der Waals surface area contributed by atoms with Gasteiger partial charge in [0.05, 0.1) is 10.8 Å². The van der Waals surface area contributed by atoms with Gasteiger partial charge in [0.15, 0.2) is 0 Å². The van der Waals surface area contributed by atoms with E-state index in [2.05, 4.69) is 25.9 Å². The van der Waals surface area contributed by atoms with E-state index in [4.69, 9.17) is 0 Å². The van der Waals surface area contributed by atoms with Gasteiger partial charge in [-0.15, -0.1) is 0 Å². The van der Waals surface area contributed by atoms with Crippen LogP contribution in [0.25, 0.3) is 0 Å². The Bertz CT molecular complexity index is 475. The summed E-state index contributed by atoms with van der Waals surface area (Å²) in [6, 6.07) is 5.14. The lowest BCUT2D eigenvalue weighted by Crippen LogP contribution is -2.29. The molecular weight excluding hydrogens is 261 g/mol. The quantitative estimate of drug-likeness (QED) is 0.827. The second kappa shape index (κ2) is 6.14. The van der Waals surface area contributed by atoms with E-state index in [0.29, 0.717) is 11.8 Å². The van der Waals surface area contributed by atoms with E-state index >= 15 is 0 Å². The van der Waals surface area contributed by atoms with Gasteiger partial charge in [0, 0.05) is 16.7 Å². The van der Waals surface area contributed by atoms with E-state index in [-0.39, 0.29) is 11.7 Å². The van der Waals surface area contributed by atoms with E-state index in [1.54, 1.807) is 12.1 Å². The molecule has 2 nitrogen and oxygen atoms in total. The molecule has 1 aliphatic heterocycles. The number of benzene rings is 1. The van der Waals surface area contributed by atoms with Crippen molar-refractivity contribution in [3.8, 4) is 0 Å². The first-order valence-electron chi connectivity index (χ1n) is 6.87. The van der Waals surface area contributed by atoms with Crippen LogP contribution in [0.15, 0.2) is 23.1 Å². The monoisotopic (exact) mass is 283 g/mol. The Balaban J connectivity index is 2.19. The van der Waals surface area contributed by atoms with Crippen LogP contribution in [0.1, 0.15) is 37.7 Å². The second-order valence-electron chi connectivity index (χ2n) is 5.53. The predicted octanol–water partition coefficient (Wildman–Crippen LogP) is 3.15. The lowest BCUT2D eigenvalue weighted by Gasteiger charge is -2.26. The summed E-state index contributed by atoms with van der Waals surface area (Å²) in [4.78, 5) is 3.06. The maximum atomic E-state index is 13.4. The van der Waals surface area contributed by atoms with E-state index < -0.39 is 10.8 Å². The molecule has 0 saturated carbocycles. The van der Waals surface area contributed by atoms with Crippen molar-refractivity contribution in [2.24, 2.45) is 0 Å². The van der Waals surface area contributed by atoms with Crippen LogP contribution in [0.3, 0.4) is 0 Å². The molecule has 0 bridgehead atoms. The molecule has 0 fully saturated rings. The molecule has 1 aromatic rings.